The molecule has 3 heterocycles. The summed E-state index contributed by atoms with van der Waals surface area (Å²) in [6.45, 7) is 4.01. The number of ketones is 1. The van der Waals surface area contributed by atoms with E-state index in [9.17, 15) is 4.79 Å². The Labute approximate surface area is 169 Å². The molecule has 0 radical (unpaired) electrons. The van der Waals surface area contributed by atoms with Crippen molar-refractivity contribution < 1.29 is 9.21 Å². The normalized spacial score (nSPS) is 15.2. The zero-order chi connectivity index (χ0) is 19.7. The molecule has 0 saturated heterocycles. The van der Waals surface area contributed by atoms with Crippen molar-refractivity contribution in [2.75, 3.05) is 5.75 Å². The van der Waals surface area contributed by atoms with Crippen molar-refractivity contribution in [2.45, 2.75) is 57.1 Å². The molecule has 6 nitrogen and oxygen atoms in total. The van der Waals surface area contributed by atoms with Crippen molar-refractivity contribution in [2.24, 2.45) is 7.05 Å². The van der Waals surface area contributed by atoms with E-state index in [-0.39, 0.29) is 5.78 Å². The maximum Gasteiger partial charge on any atom is 0.200 e. The van der Waals surface area contributed by atoms with Crippen LogP contribution in [-0.4, -0.2) is 30.9 Å². The predicted molar refractivity (Wildman–Crippen MR) is 110 cm³/mol. The largest absolute Gasteiger partial charge is 0.461 e. The first kappa shape index (κ1) is 19.1. The smallest absolute Gasteiger partial charge is 0.200 e. The molecule has 0 N–H and O–H groups in total. The number of hydrogen-bond donors (Lipinski definition) is 0. The van der Waals surface area contributed by atoms with Crippen LogP contribution in [0.15, 0.2) is 34.0 Å². The van der Waals surface area contributed by atoms with Crippen molar-refractivity contribution in [3.8, 4) is 11.6 Å². The molecule has 28 heavy (non-hydrogen) atoms. The number of furan rings is 1. The number of carbonyl (C=O) groups is 1. The Morgan fingerprint density at radius 2 is 2.04 bits per heavy atom. The van der Waals surface area contributed by atoms with Crippen molar-refractivity contribution in [3.05, 3.63) is 41.4 Å². The van der Waals surface area contributed by atoms with Gasteiger partial charge in [-0.15, -0.1) is 10.2 Å². The highest BCUT2D eigenvalue weighted by Gasteiger charge is 2.25. The van der Waals surface area contributed by atoms with Gasteiger partial charge in [0, 0.05) is 30.0 Å². The summed E-state index contributed by atoms with van der Waals surface area (Å²) < 4.78 is 9.84. The van der Waals surface area contributed by atoms with Gasteiger partial charge in [0.25, 0.3) is 0 Å². The fraction of sp³-hybridized carbons (Fsp3) is 0.476. The summed E-state index contributed by atoms with van der Waals surface area (Å²) in [5, 5.41) is 9.62. The summed E-state index contributed by atoms with van der Waals surface area (Å²) in [7, 11) is 1.99. The van der Waals surface area contributed by atoms with Gasteiger partial charge in [0.15, 0.2) is 16.7 Å². The first-order valence-corrected chi connectivity index (χ1v) is 10.8. The van der Waals surface area contributed by atoms with Crippen molar-refractivity contribution in [1.82, 2.24) is 19.3 Å². The molecule has 0 bridgehead atoms. The van der Waals surface area contributed by atoms with Crippen LogP contribution in [0.1, 0.15) is 59.9 Å². The minimum absolute atomic E-state index is 0.129. The molecule has 1 saturated carbocycles. The first-order chi connectivity index (χ1) is 13.6. The van der Waals surface area contributed by atoms with E-state index >= 15 is 0 Å². The van der Waals surface area contributed by atoms with Crippen LogP contribution in [0.5, 0.6) is 0 Å². The average Bonchev–Trinajstić information content (AvgIpc) is 3.43. The van der Waals surface area contributed by atoms with Gasteiger partial charge in [0.1, 0.15) is 0 Å². The fourth-order valence-electron chi connectivity index (χ4n) is 3.96. The summed E-state index contributed by atoms with van der Waals surface area (Å²) in [4.78, 5) is 12.8. The molecule has 0 aromatic carbocycles. The molecule has 7 heteroatoms. The molecule has 1 fully saturated rings. The minimum atomic E-state index is 0.129. The summed E-state index contributed by atoms with van der Waals surface area (Å²) in [6.07, 6.45) is 7.60. The van der Waals surface area contributed by atoms with Crippen LogP contribution in [0.2, 0.25) is 0 Å². The molecular formula is C21H26N4O2S. The molecular weight excluding hydrogens is 372 g/mol. The van der Waals surface area contributed by atoms with Crippen LogP contribution in [0, 0.1) is 13.8 Å². The number of aromatic nitrogens is 4. The number of Topliss-reactive ketones (excluding diaryl/α,β-unsaturated/α-hetero) is 1. The summed E-state index contributed by atoms with van der Waals surface area (Å²) in [5.41, 5.74) is 2.90. The SMILES string of the molecule is Cc1cc(C(=O)CSc2nnc(-c3ccco3)n2C2CCCCC2)c(C)n1C. The summed E-state index contributed by atoms with van der Waals surface area (Å²) in [5.74, 6) is 1.97. The number of hydrogen-bond acceptors (Lipinski definition) is 5. The van der Waals surface area contributed by atoms with E-state index in [1.165, 1.54) is 31.0 Å². The van der Waals surface area contributed by atoms with Crippen LogP contribution in [0.25, 0.3) is 11.6 Å². The van der Waals surface area contributed by atoms with Gasteiger partial charge >= 0.3 is 0 Å². The van der Waals surface area contributed by atoms with Crippen LogP contribution < -0.4 is 0 Å². The number of thioether (sulfide) groups is 1. The number of carbonyl (C=O) groups excluding carboxylic acids is 1. The van der Waals surface area contributed by atoms with E-state index in [1.54, 1.807) is 6.26 Å². The lowest BCUT2D eigenvalue weighted by Crippen LogP contribution is -2.15. The van der Waals surface area contributed by atoms with Gasteiger partial charge in [-0.2, -0.15) is 0 Å². The highest BCUT2D eigenvalue weighted by Crippen LogP contribution is 2.35. The Morgan fingerprint density at radius 1 is 1.25 bits per heavy atom. The monoisotopic (exact) mass is 398 g/mol. The standard InChI is InChI=1S/C21H26N4O2S/c1-14-12-17(15(2)24(14)3)18(26)13-28-21-23-22-20(19-10-7-11-27-19)25(21)16-8-5-4-6-9-16/h7,10-12,16H,4-6,8-9,13H2,1-3H3. The van der Waals surface area contributed by atoms with Crippen LogP contribution in [0.3, 0.4) is 0 Å². The van der Waals surface area contributed by atoms with Gasteiger partial charge in [-0.05, 0) is 44.9 Å². The van der Waals surface area contributed by atoms with Gasteiger partial charge in [-0.25, -0.2) is 0 Å². The first-order valence-electron chi connectivity index (χ1n) is 9.84. The van der Waals surface area contributed by atoms with Crippen molar-refractivity contribution >= 4 is 17.5 Å². The molecule has 4 rings (SSSR count). The van der Waals surface area contributed by atoms with E-state index in [2.05, 4.69) is 19.3 Å². The maximum atomic E-state index is 12.8. The Balaban J connectivity index is 1.59. The van der Waals surface area contributed by atoms with E-state index in [0.717, 1.165) is 46.5 Å². The molecule has 0 amide bonds. The summed E-state index contributed by atoms with van der Waals surface area (Å²) >= 11 is 1.47. The zero-order valence-corrected chi connectivity index (χ0v) is 17.5. The van der Waals surface area contributed by atoms with Crippen molar-refractivity contribution in [3.63, 3.8) is 0 Å². The lowest BCUT2D eigenvalue weighted by atomic mass is 9.95. The Hall–Kier alpha value is -2.28. The molecule has 0 spiro atoms. The third-order valence-electron chi connectivity index (χ3n) is 5.75. The molecule has 1 aliphatic carbocycles. The Morgan fingerprint density at radius 3 is 2.68 bits per heavy atom. The molecule has 148 valence electrons. The molecule has 3 aromatic rings. The second kappa shape index (κ2) is 7.99. The highest BCUT2D eigenvalue weighted by atomic mass is 32.2. The second-order valence-corrected chi connectivity index (χ2v) is 8.44. The molecule has 0 atom stereocenters. The van der Waals surface area contributed by atoms with Crippen molar-refractivity contribution in [1.29, 1.82) is 0 Å². The predicted octanol–water partition coefficient (Wildman–Crippen LogP) is 4.97. The van der Waals surface area contributed by atoms with Gasteiger partial charge in [0.05, 0.1) is 12.0 Å². The van der Waals surface area contributed by atoms with E-state index in [1.807, 2.05) is 39.1 Å². The minimum Gasteiger partial charge on any atom is -0.461 e. The third-order valence-corrected chi connectivity index (χ3v) is 6.70. The van der Waals surface area contributed by atoms with Gasteiger partial charge in [-0.1, -0.05) is 31.0 Å². The van der Waals surface area contributed by atoms with Gasteiger partial charge in [0.2, 0.25) is 5.82 Å². The average molecular weight is 399 g/mol. The van der Waals surface area contributed by atoms with Crippen LogP contribution in [0.4, 0.5) is 0 Å². The number of aryl methyl sites for hydroxylation is 1. The maximum absolute atomic E-state index is 12.8. The van der Waals surface area contributed by atoms with E-state index in [0.29, 0.717) is 11.8 Å². The number of nitrogens with zero attached hydrogens (tertiary/aromatic N) is 4. The van der Waals surface area contributed by atoms with E-state index in [4.69, 9.17) is 4.42 Å². The molecule has 0 unspecified atom stereocenters. The zero-order valence-electron chi connectivity index (χ0n) is 16.6. The Kier molecular flexibility index (Phi) is 5.44. The number of rotatable bonds is 6. The van der Waals surface area contributed by atoms with E-state index < -0.39 is 0 Å². The molecule has 3 aromatic heterocycles. The quantitative estimate of drug-likeness (QED) is 0.433. The van der Waals surface area contributed by atoms with Crippen LogP contribution in [-0.2, 0) is 7.05 Å². The fourth-order valence-corrected chi connectivity index (χ4v) is 4.85. The highest BCUT2D eigenvalue weighted by molar-refractivity contribution is 7.99. The lowest BCUT2D eigenvalue weighted by Gasteiger charge is -2.25. The lowest BCUT2D eigenvalue weighted by molar-refractivity contribution is 0.102. The van der Waals surface area contributed by atoms with Crippen LogP contribution >= 0.6 is 11.8 Å². The topological polar surface area (TPSA) is 65.8 Å². The molecule has 1 aliphatic rings. The Bertz CT molecular complexity index is 965. The van der Waals surface area contributed by atoms with Gasteiger partial charge < -0.3 is 8.98 Å². The molecule has 0 aliphatic heterocycles. The summed E-state index contributed by atoms with van der Waals surface area (Å²) in [6, 6.07) is 6.12. The third kappa shape index (κ3) is 3.55. The van der Waals surface area contributed by atoms with Gasteiger partial charge in [-0.3, -0.25) is 9.36 Å². The second-order valence-electron chi connectivity index (χ2n) is 7.50.